The van der Waals surface area contributed by atoms with Gasteiger partial charge >= 0.3 is 0 Å². The normalized spacial score (nSPS) is 31.6. The molecule has 0 bridgehead atoms. The van der Waals surface area contributed by atoms with Crippen LogP contribution in [0.4, 0.5) is 5.82 Å². The Morgan fingerprint density at radius 2 is 2.38 bits per heavy atom. The summed E-state index contributed by atoms with van der Waals surface area (Å²) in [5, 5.41) is 3.21. The lowest BCUT2D eigenvalue weighted by Gasteiger charge is -2.52. The first-order valence-corrected chi connectivity index (χ1v) is 7.77. The number of aromatic nitrogens is 2. The number of nitrogens with one attached hydrogen (secondary N) is 1. The van der Waals surface area contributed by atoms with Crippen LogP contribution in [0, 0.1) is 11.8 Å². The van der Waals surface area contributed by atoms with Crippen LogP contribution in [0.5, 0.6) is 0 Å². The SMILES string of the molecule is CC(C)Cn1ccnc(NC2C(N)C3CCCOC32)c1=O. The molecule has 1 aliphatic heterocycles. The van der Waals surface area contributed by atoms with Gasteiger partial charge in [0.25, 0.3) is 5.56 Å². The van der Waals surface area contributed by atoms with Crippen molar-refractivity contribution in [2.45, 2.75) is 51.4 Å². The first kappa shape index (κ1) is 14.5. The number of anilines is 1. The Morgan fingerprint density at radius 1 is 1.57 bits per heavy atom. The highest BCUT2D eigenvalue weighted by Gasteiger charge is 2.50. The number of rotatable bonds is 4. The smallest absolute Gasteiger partial charge is 0.293 e. The molecule has 4 unspecified atom stereocenters. The van der Waals surface area contributed by atoms with Gasteiger partial charge in [0.2, 0.25) is 0 Å². The Labute approximate surface area is 124 Å². The molecule has 0 spiro atoms. The molecule has 1 aromatic heterocycles. The van der Waals surface area contributed by atoms with Gasteiger partial charge in [0.15, 0.2) is 5.82 Å². The van der Waals surface area contributed by atoms with Crippen molar-refractivity contribution < 1.29 is 4.74 Å². The lowest BCUT2D eigenvalue weighted by atomic mass is 9.68. The van der Waals surface area contributed by atoms with E-state index in [0.29, 0.717) is 24.2 Å². The molecule has 1 saturated heterocycles. The highest BCUT2D eigenvalue weighted by atomic mass is 16.5. The second-order valence-electron chi connectivity index (χ2n) is 6.52. The Bertz CT molecular complexity index is 557. The summed E-state index contributed by atoms with van der Waals surface area (Å²) in [4.78, 5) is 16.6. The Morgan fingerprint density at radius 3 is 3.14 bits per heavy atom. The Kier molecular flexibility index (Phi) is 3.99. The number of ether oxygens (including phenoxy) is 1. The van der Waals surface area contributed by atoms with Crippen LogP contribution in [0.1, 0.15) is 26.7 Å². The van der Waals surface area contributed by atoms with E-state index in [4.69, 9.17) is 10.5 Å². The minimum atomic E-state index is -0.0855. The molecule has 4 atom stereocenters. The van der Waals surface area contributed by atoms with E-state index in [1.807, 2.05) is 0 Å². The van der Waals surface area contributed by atoms with Crippen molar-refractivity contribution in [3.05, 3.63) is 22.7 Å². The van der Waals surface area contributed by atoms with E-state index in [0.717, 1.165) is 19.4 Å². The molecule has 1 aliphatic carbocycles. The fourth-order valence-electron chi connectivity index (χ4n) is 3.37. The largest absolute Gasteiger partial charge is 0.376 e. The van der Waals surface area contributed by atoms with E-state index < -0.39 is 0 Å². The van der Waals surface area contributed by atoms with Crippen molar-refractivity contribution in [1.29, 1.82) is 0 Å². The van der Waals surface area contributed by atoms with Gasteiger partial charge in [-0.15, -0.1) is 0 Å². The summed E-state index contributed by atoms with van der Waals surface area (Å²) in [5.41, 5.74) is 6.13. The molecular weight excluding hydrogens is 268 g/mol. The topological polar surface area (TPSA) is 82.2 Å². The highest BCUT2D eigenvalue weighted by Crippen LogP contribution is 2.38. The van der Waals surface area contributed by atoms with Gasteiger partial charge < -0.3 is 20.4 Å². The van der Waals surface area contributed by atoms with E-state index in [1.165, 1.54) is 0 Å². The maximum atomic E-state index is 12.4. The van der Waals surface area contributed by atoms with Crippen LogP contribution in [-0.2, 0) is 11.3 Å². The van der Waals surface area contributed by atoms with Crippen LogP contribution in [0.2, 0.25) is 0 Å². The van der Waals surface area contributed by atoms with Crippen molar-refractivity contribution in [1.82, 2.24) is 9.55 Å². The summed E-state index contributed by atoms with van der Waals surface area (Å²) >= 11 is 0. The van der Waals surface area contributed by atoms with E-state index in [-0.39, 0.29) is 23.7 Å². The molecule has 116 valence electrons. The predicted octanol–water partition coefficient (Wildman–Crippen LogP) is 0.816. The first-order valence-electron chi connectivity index (χ1n) is 7.77. The molecule has 3 N–H and O–H groups in total. The second kappa shape index (κ2) is 5.77. The molecule has 2 aliphatic rings. The van der Waals surface area contributed by atoms with Crippen LogP contribution >= 0.6 is 0 Å². The summed E-state index contributed by atoms with van der Waals surface area (Å²) < 4.78 is 7.49. The zero-order valence-electron chi connectivity index (χ0n) is 12.7. The number of fused-ring (bicyclic) bond motifs is 1. The van der Waals surface area contributed by atoms with Gasteiger partial charge in [0, 0.05) is 37.5 Å². The molecule has 0 aromatic carbocycles. The Hall–Kier alpha value is -1.40. The monoisotopic (exact) mass is 292 g/mol. The van der Waals surface area contributed by atoms with Crippen LogP contribution < -0.4 is 16.6 Å². The van der Waals surface area contributed by atoms with Crippen molar-refractivity contribution in [3.8, 4) is 0 Å². The maximum Gasteiger partial charge on any atom is 0.293 e. The highest BCUT2D eigenvalue weighted by molar-refractivity contribution is 5.36. The summed E-state index contributed by atoms with van der Waals surface area (Å²) in [6, 6.07) is 0.0284. The van der Waals surface area contributed by atoms with Crippen molar-refractivity contribution in [2.24, 2.45) is 17.6 Å². The van der Waals surface area contributed by atoms with Gasteiger partial charge in [-0.05, 0) is 18.8 Å². The van der Waals surface area contributed by atoms with Crippen LogP contribution in [0.25, 0.3) is 0 Å². The molecule has 21 heavy (non-hydrogen) atoms. The number of nitrogens with zero attached hydrogens (tertiary/aromatic N) is 2. The van der Waals surface area contributed by atoms with Crippen LogP contribution in [0.15, 0.2) is 17.2 Å². The lowest BCUT2D eigenvalue weighted by Crippen LogP contribution is -2.69. The molecule has 6 heteroatoms. The fraction of sp³-hybridized carbons (Fsp3) is 0.733. The Balaban J connectivity index is 1.75. The molecular formula is C15H24N4O2. The van der Waals surface area contributed by atoms with Crippen LogP contribution in [-0.4, -0.2) is 34.3 Å². The van der Waals surface area contributed by atoms with E-state index in [9.17, 15) is 4.79 Å². The fourth-order valence-corrected chi connectivity index (χ4v) is 3.37. The zero-order valence-corrected chi connectivity index (χ0v) is 12.7. The third-order valence-corrected chi connectivity index (χ3v) is 4.46. The maximum absolute atomic E-state index is 12.4. The van der Waals surface area contributed by atoms with Crippen molar-refractivity contribution in [2.75, 3.05) is 11.9 Å². The first-order chi connectivity index (χ1) is 10.1. The average molecular weight is 292 g/mol. The molecule has 0 radical (unpaired) electrons. The third kappa shape index (κ3) is 2.70. The summed E-state index contributed by atoms with van der Waals surface area (Å²) in [6.45, 7) is 5.64. The second-order valence-corrected chi connectivity index (χ2v) is 6.52. The summed E-state index contributed by atoms with van der Waals surface area (Å²) in [6.07, 6.45) is 5.70. The minimum Gasteiger partial charge on any atom is -0.376 e. The quantitative estimate of drug-likeness (QED) is 0.858. The molecule has 0 amide bonds. The molecule has 1 aromatic rings. The van der Waals surface area contributed by atoms with E-state index >= 15 is 0 Å². The molecule has 2 fully saturated rings. The molecule has 1 saturated carbocycles. The molecule has 6 nitrogen and oxygen atoms in total. The van der Waals surface area contributed by atoms with Crippen molar-refractivity contribution >= 4 is 5.82 Å². The van der Waals surface area contributed by atoms with Crippen LogP contribution in [0.3, 0.4) is 0 Å². The molecule has 3 rings (SSSR count). The van der Waals surface area contributed by atoms with Crippen molar-refractivity contribution in [3.63, 3.8) is 0 Å². The number of hydrogen-bond donors (Lipinski definition) is 2. The zero-order chi connectivity index (χ0) is 15.0. The van der Waals surface area contributed by atoms with Gasteiger partial charge in [0.05, 0.1) is 12.1 Å². The van der Waals surface area contributed by atoms with Gasteiger partial charge in [-0.3, -0.25) is 4.79 Å². The van der Waals surface area contributed by atoms with E-state index in [1.54, 1.807) is 17.0 Å². The van der Waals surface area contributed by atoms with Gasteiger partial charge in [-0.25, -0.2) is 4.98 Å². The van der Waals surface area contributed by atoms with E-state index in [2.05, 4.69) is 24.1 Å². The number of nitrogens with two attached hydrogens (primary N) is 1. The lowest BCUT2D eigenvalue weighted by molar-refractivity contribution is -0.104. The predicted molar refractivity (Wildman–Crippen MR) is 81.2 cm³/mol. The van der Waals surface area contributed by atoms with Gasteiger partial charge in [-0.2, -0.15) is 0 Å². The number of hydrogen-bond acceptors (Lipinski definition) is 5. The summed E-state index contributed by atoms with van der Waals surface area (Å²) in [7, 11) is 0. The standard InChI is InChI=1S/C15H24N4O2/c1-9(2)8-19-6-5-17-14(15(19)20)18-12-11(16)10-4-3-7-21-13(10)12/h5-6,9-13H,3-4,7-8,16H2,1-2H3,(H,17,18). The minimum absolute atomic E-state index is 0.00889. The summed E-state index contributed by atoms with van der Waals surface area (Å²) in [5.74, 6) is 1.21. The third-order valence-electron chi connectivity index (χ3n) is 4.46. The average Bonchev–Trinajstić information content (AvgIpc) is 2.47. The van der Waals surface area contributed by atoms with Gasteiger partial charge in [-0.1, -0.05) is 13.8 Å². The van der Waals surface area contributed by atoms with Gasteiger partial charge in [0.1, 0.15) is 0 Å². The molecule has 2 heterocycles.